The van der Waals surface area contributed by atoms with Gasteiger partial charge in [-0.1, -0.05) is 164 Å². The Bertz CT molecular complexity index is 3920. The SMILES string of the molecule is c1ccc(-c2ccc3c(-n4c5cc6ccccc6cc5c5ccc6ccccc6c54)ccc(-c4nc(-c5ccccc5)nc(-c5ccc6c(c5)sc5ccccc56)n4)c3c2)cc1. The van der Waals surface area contributed by atoms with Crippen LogP contribution in [0.4, 0.5) is 0 Å². The molecule has 288 valence electrons. The molecule has 0 aliphatic rings. The minimum atomic E-state index is 0.630. The van der Waals surface area contributed by atoms with Crippen LogP contribution in [0.1, 0.15) is 0 Å². The lowest BCUT2D eigenvalue weighted by Gasteiger charge is -2.17. The van der Waals surface area contributed by atoms with E-state index in [0.717, 1.165) is 44.3 Å². The van der Waals surface area contributed by atoms with Crippen molar-refractivity contribution in [2.75, 3.05) is 0 Å². The van der Waals surface area contributed by atoms with E-state index in [4.69, 9.17) is 15.0 Å². The Kier molecular flexibility index (Phi) is 7.74. The van der Waals surface area contributed by atoms with Crippen molar-refractivity contribution in [3.8, 4) is 51.0 Å². The second-order valence-electron chi connectivity index (χ2n) is 16.0. The van der Waals surface area contributed by atoms with Crippen LogP contribution in [0.25, 0.3) is 125 Å². The Balaban J connectivity index is 1.11. The maximum absolute atomic E-state index is 5.36. The monoisotopic (exact) mass is 806 g/mol. The lowest BCUT2D eigenvalue weighted by Crippen LogP contribution is -2.02. The third-order valence-electron chi connectivity index (χ3n) is 12.4. The minimum Gasteiger partial charge on any atom is -0.308 e. The molecule has 0 amide bonds. The molecule has 13 aromatic rings. The number of benzene rings is 10. The zero-order chi connectivity index (χ0) is 40.7. The van der Waals surface area contributed by atoms with Crippen molar-refractivity contribution in [3.05, 3.63) is 206 Å². The summed E-state index contributed by atoms with van der Waals surface area (Å²) < 4.78 is 4.97. The Morgan fingerprint density at radius 3 is 1.76 bits per heavy atom. The Labute approximate surface area is 360 Å². The molecule has 62 heavy (non-hydrogen) atoms. The van der Waals surface area contributed by atoms with E-state index < -0.39 is 0 Å². The fourth-order valence-corrected chi connectivity index (χ4v) is 10.6. The maximum Gasteiger partial charge on any atom is 0.164 e. The van der Waals surface area contributed by atoms with Crippen molar-refractivity contribution in [1.82, 2.24) is 19.5 Å². The lowest BCUT2D eigenvalue weighted by molar-refractivity contribution is 1.08. The van der Waals surface area contributed by atoms with E-state index in [1.54, 1.807) is 11.3 Å². The molecule has 13 rings (SSSR count). The Hall–Kier alpha value is -7.99. The normalized spacial score (nSPS) is 11.9. The highest BCUT2D eigenvalue weighted by atomic mass is 32.1. The first-order valence-electron chi connectivity index (χ1n) is 20.9. The molecule has 0 bridgehead atoms. The average molecular weight is 807 g/mol. The standard InChI is InChI=1S/C57H34N4S/c1-3-13-35(14-4-1)40-24-26-43-48(31-40)47(29-30-50(43)61-51-33-39-19-8-7-18-38(39)32-49(51)46-28-23-36-15-9-10-20-42(36)54(46)61)57-59-55(37-16-5-2-6-17-37)58-56(60-57)41-25-27-45-44-21-11-12-22-52(44)62-53(45)34-41/h1-34H. The molecule has 0 atom stereocenters. The number of nitrogens with zero attached hydrogens (tertiary/aromatic N) is 4. The molecule has 0 saturated heterocycles. The molecule has 0 unspecified atom stereocenters. The summed E-state index contributed by atoms with van der Waals surface area (Å²) in [6.07, 6.45) is 0. The molecule has 0 fully saturated rings. The van der Waals surface area contributed by atoms with Gasteiger partial charge in [-0.3, -0.25) is 0 Å². The zero-order valence-electron chi connectivity index (χ0n) is 33.3. The molecular weight excluding hydrogens is 773 g/mol. The van der Waals surface area contributed by atoms with Crippen molar-refractivity contribution in [2.45, 2.75) is 0 Å². The van der Waals surface area contributed by atoms with E-state index in [9.17, 15) is 0 Å². The van der Waals surface area contributed by atoms with E-state index in [-0.39, 0.29) is 0 Å². The van der Waals surface area contributed by atoms with E-state index in [1.807, 2.05) is 18.2 Å². The average Bonchev–Trinajstić information content (AvgIpc) is 3.88. The Morgan fingerprint density at radius 1 is 0.323 bits per heavy atom. The molecule has 3 heterocycles. The van der Waals surface area contributed by atoms with Gasteiger partial charge >= 0.3 is 0 Å². The highest BCUT2D eigenvalue weighted by Crippen LogP contribution is 2.43. The van der Waals surface area contributed by atoms with Gasteiger partial charge in [0.2, 0.25) is 0 Å². The van der Waals surface area contributed by atoms with Crippen LogP contribution in [-0.2, 0) is 0 Å². The number of thiophene rings is 1. The van der Waals surface area contributed by atoms with Gasteiger partial charge < -0.3 is 4.57 Å². The van der Waals surface area contributed by atoms with Crippen LogP contribution in [0.3, 0.4) is 0 Å². The largest absolute Gasteiger partial charge is 0.308 e. The fraction of sp³-hybridized carbons (Fsp3) is 0. The molecule has 0 N–H and O–H groups in total. The van der Waals surface area contributed by atoms with Crippen molar-refractivity contribution < 1.29 is 0 Å². The first-order valence-corrected chi connectivity index (χ1v) is 21.7. The number of hydrogen-bond donors (Lipinski definition) is 0. The van der Waals surface area contributed by atoms with E-state index in [2.05, 4.69) is 193 Å². The smallest absolute Gasteiger partial charge is 0.164 e. The lowest BCUT2D eigenvalue weighted by atomic mass is 9.96. The molecule has 10 aromatic carbocycles. The van der Waals surface area contributed by atoms with Gasteiger partial charge in [-0.25, -0.2) is 15.0 Å². The van der Waals surface area contributed by atoms with E-state index >= 15 is 0 Å². The number of hydrogen-bond acceptors (Lipinski definition) is 4. The van der Waals surface area contributed by atoms with Crippen LogP contribution in [0.5, 0.6) is 0 Å². The van der Waals surface area contributed by atoms with E-state index in [0.29, 0.717) is 17.5 Å². The zero-order valence-corrected chi connectivity index (χ0v) is 34.1. The third kappa shape index (κ3) is 5.49. The van der Waals surface area contributed by atoms with Crippen molar-refractivity contribution in [1.29, 1.82) is 0 Å². The third-order valence-corrected chi connectivity index (χ3v) is 13.5. The van der Waals surface area contributed by atoms with Gasteiger partial charge in [0.25, 0.3) is 0 Å². The quantitative estimate of drug-likeness (QED) is 0.174. The van der Waals surface area contributed by atoms with Crippen LogP contribution in [0.2, 0.25) is 0 Å². The predicted molar refractivity (Wildman–Crippen MR) is 261 cm³/mol. The van der Waals surface area contributed by atoms with Crippen molar-refractivity contribution in [3.63, 3.8) is 0 Å². The van der Waals surface area contributed by atoms with E-state index in [1.165, 1.54) is 63.5 Å². The number of fused-ring (bicyclic) bond motifs is 10. The van der Waals surface area contributed by atoms with Crippen LogP contribution < -0.4 is 0 Å². The van der Waals surface area contributed by atoms with Crippen molar-refractivity contribution in [2.24, 2.45) is 0 Å². The molecular formula is C57H34N4S. The second kappa shape index (κ2) is 13.8. The molecule has 0 radical (unpaired) electrons. The van der Waals surface area contributed by atoms with Gasteiger partial charge in [-0.15, -0.1) is 11.3 Å². The first kappa shape index (κ1) is 34.8. The summed E-state index contributed by atoms with van der Waals surface area (Å²) in [5, 5.41) is 12.0. The van der Waals surface area contributed by atoms with Crippen LogP contribution >= 0.6 is 11.3 Å². The molecule has 5 heteroatoms. The summed E-state index contributed by atoms with van der Waals surface area (Å²) >= 11 is 1.80. The molecule has 0 aliphatic heterocycles. The minimum absolute atomic E-state index is 0.630. The molecule has 3 aromatic heterocycles. The van der Waals surface area contributed by atoms with Gasteiger partial charge in [0.15, 0.2) is 17.5 Å². The summed E-state index contributed by atoms with van der Waals surface area (Å²) in [4.78, 5) is 15.8. The highest BCUT2D eigenvalue weighted by Gasteiger charge is 2.21. The summed E-state index contributed by atoms with van der Waals surface area (Å²) in [7, 11) is 0. The van der Waals surface area contributed by atoms with Crippen LogP contribution in [-0.4, -0.2) is 19.5 Å². The topological polar surface area (TPSA) is 43.6 Å². The van der Waals surface area contributed by atoms with Gasteiger partial charge in [-0.05, 0) is 75.1 Å². The van der Waals surface area contributed by atoms with Crippen LogP contribution in [0.15, 0.2) is 206 Å². The van der Waals surface area contributed by atoms with Gasteiger partial charge in [-0.2, -0.15) is 0 Å². The summed E-state index contributed by atoms with van der Waals surface area (Å²) in [5.74, 6) is 1.91. The fourth-order valence-electron chi connectivity index (χ4n) is 9.45. The maximum atomic E-state index is 5.36. The summed E-state index contributed by atoms with van der Waals surface area (Å²) in [6.45, 7) is 0. The van der Waals surface area contributed by atoms with Gasteiger partial charge in [0.05, 0.1) is 16.7 Å². The van der Waals surface area contributed by atoms with Crippen molar-refractivity contribution >= 4 is 85.6 Å². The molecule has 0 aliphatic carbocycles. The highest BCUT2D eigenvalue weighted by molar-refractivity contribution is 7.25. The number of rotatable bonds is 5. The summed E-state index contributed by atoms with van der Waals surface area (Å²) in [6, 6.07) is 74.1. The van der Waals surface area contributed by atoms with Gasteiger partial charge in [0, 0.05) is 58.4 Å². The van der Waals surface area contributed by atoms with Gasteiger partial charge in [0.1, 0.15) is 0 Å². The second-order valence-corrected chi connectivity index (χ2v) is 17.1. The predicted octanol–water partition coefficient (Wildman–Crippen LogP) is 15.5. The molecule has 0 saturated carbocycles. The Morgan fingerprint density at radius 2 is 0.935 bits per heavy atom. The molecule has 4 nitrogen and oxygen atoms in total. The summed E-state index contributed by atoms with van der Waals surface area (Å²) in [5.41, 5.74) is 8.59. The first-order chi connectivity index (χ1) is 30.7. The van der Waals surface area contributed by atoms with Crippen LogP contribution in [0, 0.1) is 0 Å². The number of aromatic nitrogens is 4. The molecule has 0 spiro atoms.